The van der Waals surface area contributed by atoms with Gasteiger partial charge in [0, 0.05) is 48.7 Å². The van der Waals surface area contributed by atoms with E-state index in [9.17, 15) is 0 Å². The molecule has 1 saturated heterocycles. The summed E-state index contributed by atoms with van der Waals surface area (Å²) >= 11 is 0. The van der Waals surface area contributed by atoms with Crippen molar-refractivity contribution in [3.05, 3.63) is 48.0 Å². The number of ether oxygens (including phenoxy) is 2. The molecule has 0 spiro atoms. The minimum Gasteiger partial charge on any atom is -0.497 e. The molecule has 2 aromatic heterocycles. The zero-order chi connectivity index (χ0) is 21.1. The summed E-state index contributed by atoms with van der Waals surface area (Å²) in [6.45, 7) is 5.83. The van der Waals surface area contributed by atoms with Crippen molar-refractivity contribution in [2.45, 2.75) is 32.7 Å². The van der Waals surface area contributed by atoms with Gasteiger partial charge in [-0.15, -0.1) is 0 Å². The van der Waals surface area contributed by atoms with Crippen molar-refractivity contribution in [3.8, 4) is 17.3 Å². The van der Waals surface area contributed by atoms with Crippen LogP contribution in [0.15, 0.2) is 36.7 Å². The Morgan fingerprint density at radius 3 is 2.20 bits per heavy atom. The van der Waals surface area contributed by atoms with Gasteiger partial charge in [-0.1, -0.05) is 0 Å². The van der Waals surface area contributed by atoms with Crippen molar-refractivity contribution in [2.75, 3.05) is 37.5 Å². The Kier molecular flexibility index (Phi) is 5.74. The Labute approximate surface area is 176 Å². The number of piperidine rings is 1. The minimum atomic E-state index is 0.380. The first-order valence-electron chi connectivity index (χ1n) is 10.2. The summed E-state index contributed by atoms with van der Waals surface area (Å²) in [5.41, 5.74) is 3.03. The van der Waals surface area contributed by atoms with Crippen LogP contribution in [0.3, 0.4) is 0 Å². The molecular weight excluding hydrogens is 380 g/mol. The van der Waals surface area contributed by atoms with Gasteiger partial charge in [-0.05, 0) is 32.8 Å². The van der Waals surface area contributed by atoms with Crippen LogP contribution in [0, 0.1) is 13.8 Å². The molecule has 0 unspecified atom stereocenters. The fourth-order valence-corrected chi connectivity index (χ4v) is 3.84. The molecule has 158 valence electrons. The Morgan fingerprint density at radius 2 is 1.60 bits per heavy atom. The summed E-state index contributed by atoms with van der Waals surface area (Å²) in [6, 6.07) is 8.29. The molecule has 0 bridgehead atoms. The van der Waals surface area contributed by atoms with Gasteiger partial charge < -0.3 is 19.7 Å². The van der Waals surface area contributed by atoms with E-state index < -0.39 is 0 Å². The molecular formula is C22H28N6O2. The van der Waals surface area contributed by atoms with Crippen LogP contribution in [-0.4, -0.2) is 53.1 Å². The third kappa shape index (κ3) is 4.32. The number of aromatic nitrogens is 4. The Morgan fingerprint density at radius 1 is 0.933 bits per heavy atom. The van der Waals surface area contributed by atoms with Crippen LogP contribution in [0.25, 0.3) is 5.82 Å². The third-order valence-corrected chi connectivity index (χ3v) is 5.38. The van der Waals surface area contributed by atoms with Gasteiger partial charge in [0.25, 0.3) is 0 Å². The summed E-state index contributed by atoms with van der Waals surface area (Å²) in [4.78, 5) is 11.5. The van der Waals surface area contributed by atoms with Gasteiger partial charge in [0.05, 0.1) is 32.3 Å². The van der Waals surface area contributed by atoms with E-state index in [-0.39, 0.29) is 0 Å². The number of hydrogen-bond donors (Lipinski definition) is 1. The molecule has 1 fully saturated rings. The largest absolute Gasteiger partial charge is 0.497 e. The van der Waals surface area contributed by atoms with Gasteiger partial charge >= 0.3 is 0 Å². The molecule has 1 aliphatic heterocycles. The number of benzene rings is 1. The maximum absolute atomic E-state index is 5.37. The van der Waals surface area contributed by atoms with Crippen LogP contribution in [0.5, 0.6) is 11.5 Å². The van der Waals surface area contributed by atoms with Crippen LogP contribution < -0.4 is 19.7 Å². The monoisotopic (exact) mass is 408 g/mol. The van der Waals surface area contributed by atoms with Crippen LogP contribution >= 0.6 is 0 Å². The highest BCUT2D eigenvalue weighted by molar-refractivity contribution is 5.54. The van der Waals surface area contributed by atoms with Crippen molar-refractivity contribution in [1.29, 1.82) is 0 Å². The predicted molar refractivity (Wildman–Crippen MR) is 117 cm³/mol. The van der Waals surface area contributed by atoms with E-state index in [4.69, 9.17) is 14.5 Å². The minimum absolute atomic E-state index is 0.380. The summed E-state index contributed by atoms with van der Waals surface area (Å²) < 4.78 is 12.6. The second-order valence-corrected chi connectivity index (χ2v) is 7.58. The van der Waals surface area contributed by atoms with Crippen LogP contribution in [0.4, 0.5) is 11.5 Å². The highest BCUT2D eigenvalue weighted by Crippen LogP contribution is 2.28. The van der Waals surface area contributed by atoms with E-state index >= 15 is 0 Å². The second kappa shape index (κ2) is 8.61. The van der Waals surface area contributed by atoms with E-state index in [2.05, 4.69) is 20.3 Å². The summed E-state index contributed by atoms with van der Waals surface area (Å²) in [5.74, 6) is 3.21. The van der Waals surface area contributed by atoms with Crippen LogP contribution in [0.2, 0.25) is 0 Å². The molecule has 3 heterocycles. The highest BCUT2D eigenvalue weighted by atomic mass is 16.5. The van der Waals surface area contributed by atoms with Gasteiger partial charge in [0.1, 0.15) is 17.3 Å². The number of nitrogens with zero attached hydrogens (tertiary/aromatic N) is 5. The number of aryl methyl sites for hydroxylation is 2. The van der Waals surface area contributed by atoms with Crippen LogP contribution in [-0.2, 0) is 0 Å². The molecule has 0 atom stereocenters. The predicted octanol–water partition coefficient (Wildman–Crippen LogP) is 3.38. The maximum Gasteiger partial charge on any atom is 0.174 e. The molecule has 4 rings (SSSR count). The van der Waals surface area contributed by atoms with Crippen molar-refractivity contribution in [2.24, 2.45) is 0 Å². The Bertz CT molecular complexity index is 988. The lowest BCUT2D eigenvalue weighted by Crippen LogP contribution is -2.39. The highest BCUT2D eigenvalue weighted by Gasteiger charge is 2.21. The summed E-state index contributed by atoms with van der Waals surface area (Å²) in [7, 11) is 3.33. The molecule has 0 saturated carbocycles. The third-order valence-electron chi connectivity index (χ3n) is 5.38. The van der Waals surface area contributed by atoms with Gasteiger partial charge in [0.15, 0.2) is 5.82 Å². The van der Waals surface area contributed by atoms with Crippen molar-refractivity contribution in [3.63, 3.8) is 0 Å². The normalized spacial score (nSPS) is 14.6. The second-order valence-electron chi connectivity index (χ2n) is 7.58. The average molecular weight is 409 g/mol. The van der Waals surface area contributed by atoms with Crippen molar-refractivity contribution >= 4 is 11.5 Å². The zero-order valence-corrected chi connectivity index (χ0v) is 17.9. The van der Waals surface area contributed by atoms with Gasteiger partial charge in [-0.2, -0.15) is 5.10 Å². The zero-order valence-electron chi connectivity index (χ0n) is 17.9. The number of methoxy groups -OCH3 is 2. The lowest BCUT2D eigenvalue weighted by molar-refractivity contribution is 0.394. The van der Waals surface area contributed by atoms with Crippen LogP contribution in [0.1, 0.15) is 24.2 Å². The summed E-state index contributed by atoms with van der Waals surface area (Å²) in [6.07, 6.45) is 5.60. The van der Waals surface area contributed by atoms with Crippen molar-refractivity contribution in [1.82, 2.24) is 19.7 Å². The molecule has 30 heavy (non-hydrogen) atoms. The molecule has 1 aromatic carbocycles. The van der Waals surface area contributed by atoms with E-state index in [1.54, 1.807) is 20.4 Å². The molecule has 8 heteroatoms. The van der Waals surface area contributed by atoms with Gasteiger partial charge in [-0.3, -0.25) is 4.98 Å². The van der Waals surface area contributed by atoms with E-state index in [1.807, 2.05) is 49.0 Å². The lowest BCUT2D eigenvalue weighted by atomic mass is 10.0. The first kappa shape index (κ1) is 20.0. The van der Waals surface area contributed by atoms with Crippen molar-refractivity contribution < 1.29 is 9.47 Å². The average Bonchev–Trinajstić information content (AvgIpc) is 3.12. The standard InChI is InChI=1S/C22H28N6O2/c1-15-9-16(2)28(26-15)22-14-23-13-21(25-22)27-7-5-17(6-8-27)24-18-10-19(29-3)12-20(11-18)30-4/h9-14,17,24H,5-8H2,1-4H3. The molecule has 3 aromatic rings. The smallest absolute Gasteiger partial charge is 0.174 e. The molecule has 0 amide bonds. The number of rotatable bonds is 6. The first-order chi connectivity index (χ1) is 14.6. The van der Waals surface area contributed by atoms with Gasteiger partial charge in [-0.25, -0.2) is 9.67 Å². The topological polar surface area (TPSA) is 77.3 Å². The SMILES string of the molecule is COc1cc(NC2CCN(c3cncc(-n4nc(C)cc4C)n3)CC2)cc(OC)c1. The molecule has 1 aliphatic rings. The Balaban J connectivity index is 1.42. The van der Waals surface area contributed by atoms with E-state index in [0.29, 0.717) is 6.04 Å². The Hall–Kier alpha value is -3.29. The molecule has 0 aliphatic carbocycles. The summed E-state index contributed by atoms with van der Waals surface area (Å²) in [5, 5.41) is 8.13. The quantitative estimate of drug-likeness (QED) is 0.670. The molecule has 8 nitrogen and oxygen atoms in total. The number of nitrogens with one attached hydrogen (secondary N) is 1. The molecule has 1 N–H and O–H groups in total. The van der Waals surface area contributed by atoms with Gasteiger partial charge in [0.2, 0.25) is 0 Å². The number of hydrogen-bond acceptors (Lipinski definition) is 7. The fourth-order valence-electron chi connectivity index (χ4n) is 3.84. The fraction of sp³-hybridized carbons (Fsp3) is 0.409. The van der Waals surface area contributed by atoms with E-state index in [0.717, 1.165) is 66.1 Å². The molecule has 0 radical (unpaired) electrons. The van der Waals surface area contributed by atoms with E-state index in [1.165, 1.54) is 0 Å². The maximum atomic E-state index is 5.37. The number of anilines is 2. The first-order valence-corrected chi connectivity index (χ1v) is 10.2. The lowest BCUT2D eigenvalue weighted by Gasteiger charge is -2.33.